The Kier molecular flexibility index (Phi) is 3.24. The summed E-state index contributed by atoms with van der Waals surface area (Å²) in [7, 11) is 0. The highest BCUT2D eigenvalue weighted by Gasteiger charge is 2.30. The lowest BCUT2D eigenvalue weighted by molar-refractivity contribution is 0.620. The minimum Gasteiger partial charge on any atom is -0.351 e. The molecular formula is C11H19N5. The third-order valence-corrected chi connectivity index (χ3v) is 3.32. The first-order valence-electron chi connectivity index (χ1n) is 5.83. The monoisotopic (exact) mass is 221 g/mol. The normalized spacial score (nSPS) is 24.8. The third kappa shape index (κ3) is 1.95. The van der Waals surface area contributed by atoms with Gasteiger partial charge in [0.25, 0.3) is 0 Å². The number of hydrazine groups is 1. The lowest BCUT2D eigenvalue weighted by Crippen LogP contribution is -2.34. The highest BCUT2D eigenvalue weighted by Crippen LogP contribution is 2.30. The molecule has 2 heterocycles. The topological polar surface area (TPSA) is 67.1 Å². The van der Waals surface area contributed by atoms with Crippen LogP contribution in [-0.2, 0) is 0 Å². The second-order valence-corrected chi connectivity index (χ2v) is 4.30. The van der Waals surface area contributed by atoms with Crippen molar-refractivity contribution in [3.63, 3.8) is 0 Å². The Morgan fingerprint density at radius 2 is 2.31 bits per heavy atom. The number of nitrogens with zero attached hydrogens (tertiary/aromatic N) is 3. The molecule has 1 aromatic rings. The number of nitrogen functional groups attached to an aromatic ring is 1. The molecule has 0 bridgehead atoms. The maximum absolute atomic E-state index is 5.36. The van der Waals surface area contributed by atoms with Gasteiger partial charge >= 0.3 is 0 Å². The van der Waals surface area contributed by atoms with Gasteiger partial charge in [0.1, 0.15) is 18.0 Å². The van der Waals surface area contributed by atoms with Crippen molar-refractivity contribution in [2.45, 2.75) is 45.2 Å². The van der Waals surface area contributed by atoms with E-state index in [9.17, 15) is 0 Å². The summed E-state index contributed by atoms with van der Waals surface area (Å²) < 4.78 is 0. The highest BCUT2D eigenvalue weighted by atomic mass is 15.3. The highest BCUT2D eigenvalue weighted by molar-refractivity contribution is 5.50. The minimum absolute atomic E-state index is 0.547. The molecule has 1 fully saturated rings. The van der Waals surface area contributed by atoms with Crippen LogP contribution in [0.5, 0.6) is 0 Å². The average molecular weight is 221 g/mol. The van der Waals surface area contributed by atoms with E-state index >= 15 is 0 Å². The van der Waals surface area contributed by atoms with Crippen LogP contribution in [0.25, 0.3) is 0 Å². The standard InChI is InChI=1S/C11H19N5/c1-3-9-5-4-8(2)16(9)11-6-10(15-12)13-7-14-11/h6-9H,3-5,12H2,1-2H3,(H,13,14,15). The number of hydrogen-bond acceptors (Lipinski definition) is 5. The van der Waals surface area contributed by atoms with Gasteiger partial charge in [0.15, 0.2) is 0 Å². The fourth-order valence-corrected chi connectivity index (χ4v) is 2.45. The van der Waals surface area contributed by atoms with E-state index in [2.05, 4.69) is 34.1 Å². The van der Waals surface area contributed by atoms with Gasteiger partial charge in [0, 0.05) is 18.2 Å². The van der Waals surface area contributed by atoms with Crippen LogP contribution < -0.4 is 16.2 Å². The smallest absolute Gasteiger partial charge is 0.145 e. The molecule has 1 aliphatic rings. The van der Waals surface area contributed by atoms with Gasteiger partial charge in [0.2, 0.25) is 0 Å². The zero-order valence-electron chi connectivity index (χ0n) is 9.85. The summed E-state index contributed by atoms with van der Waals surface area (Å²) in [5.74, 6) is 7.00. The molecule has 2 atom stereocenters. The van der Waals surface area contributed by atoms with Crippen LogP contribution in [0, 0.1) is 0 Å². The van der Waals surface area contributed by atoms with Gasteiger partial charge in [-0.25, -0.2) is 15.8 Å². The Morgan fingerprint density at radius 1 is 1.50 bits per heavy atom. The molecule has 0 aliphatic carbocycles. The summed E-state index contributed by atoms with van der Waals surface area (Å²) in [4.78, 5) is 10.7. The molecule has 0 aromatic carbocycles. The largest absolute Gasteiger partial charge is 0.351 e. The van der Waals surface area contributed by atoms with Crippen molar-refractivity contribution in [1.82, 2.24) is 9.97 Å². The van der Waals surface area contributed by atoms with E-state index in [4.69, 9.17) is 5.84 Å². The van der Waals surface area contributed by atoms with Gasteiger partial charge in [-0.2, -0.15) is 0 Å². The predicted octanol–water partition coefficient (Wildman–Crippen LogP) is 1.53. The minimum atomic E-state index is 0.547. The summed E-state index contributed by atoms with van der Waals surface area (Å²) in [6, 6.07) is 3.05. The van der Waals surface area contributed by atoms with Crippen molar-refractivity contribution in [3.05, 3.63) is 12.4 Å². The van der Waals surface area contributed by atoms with Crippen LogP contribution in [0.2, 0.25) is 0 Å². The Balaban J connectivity index is 2.27. The first-order valence-corrected chi connectivity index (χ1v) is 5.83. The molecule has 0 radical (unpaired) electrons. The molecule has 5 nitrogen and oxygen atoms in total. The van der Waals surface area contributed by atoms with E-state index in [1.54, 1.807) is 6.33 Å². The Bertz CT molecular complexity index is 354. The van der Waals surface area contributed by atoms with E-state index in [-0.39, 0.29) is 0 Å². The second-order valence-electron chi connectivity index (χ2n) is 4.30. The van der Waals surface area contributed by atoms with Crippen molar-refractivity contribution in [1.29, 1.82) is 0 Å². The van der Waals surface area contributed by atoms with E-state index in [1.165, 1.54) is 12.8 Å². The third-order valence-electron chi connectivity index (χ3n) is 3.32. The molecular weight excluding hydrogens is 202 g/mol. The summed E-state index contributed by atoms with van der Waals surface area (Å²) in [6.07, 6.45) is 5.18. The molecule has 88 valence electrons. The van der Waals surface area contributed by atoms with Crippen molar-refractivity contribution >= 4 is 11.6 Å². The molecule has 3 N–H and O–H groups in total. The summed E-state index contributed by atoms with van der Waals surface area (Å²) in [5.41, 5.74) is 2.56. The fraction of sp³-hybridized carbons (Fsp3) is 0.636. The molecule has 5 heteroatoms. The predicted molar refractivity (Wildman–Crippen MR) is 65.1 cm³/mol. The number of rotatable bonds is 3. The summed E-state index contributed by atoms with van der Waals surface area (Å²) in [6.45, 7) is 4.46. The molecule has 0 spiro atoms. The Morgan fingerprint density at radius 3 is 3.00 bits per heavy atom. The van der Waals surface area contributed by atoms with Gasteiger partial charge in [-0.05, 0) is 26.2 Å². The molecule has 2 unspecified atom stereocenters. The van der Waals surface area contributed by atoms with E-state index < -0.39 is 0 Å². The average Bonchev–Trinajstić information content (AvgIpc) is 2.70. The number of nitrogens with one attached hydrogen (secondary N) is 1. The lowest BCUT2D eigenvalue weighted by atomic mass is 10.1. The molecule has 1 aliphatic heterocycles. The maximum atomic E-state index is 5.36. The van der Waals surface area contributed by atoms with E-state index in [0.717, 1.165) is 12.2 Å². The Labute approximate surface area is 96.0 Å². The van der Waals surface area contributed by atoms with Crippen LogP contribution >= 0.6 is 0 Å². The maximum Gasteiger partial charge on any atom is 0.145 e. The first kappa shape index (κ1) is 11.1. The van der Waals surface area contributed by atoms with Crippen molar-refractivity contribution in [2.24, 2.45) is 5.84 Å². The van der Waals surface area contributed by atoms with Gasteiger partial charge in [0.05, 0.1) is 0 Å². The fourth-order valence-electron chi connectivity index (χ4n) is 2.45. The van der Waals surface area contributed by atoms with Gasteiger partial charge in [-0.1, -0.05) is 6.92 Å². The lowest BCUT2D eigenvalue weighted by Gasteiger charge is -2.29. The second kappa shape index (κ2) is 4.65. The zero-order chi connectivity index (χ0) is 11.5. The summed E-state index contributed by atoms with van der Waals surface area (Å²) >= 11 is 0. The van der Waals surface area contributed by atoms with Crippen LogP contribution in [0.3, 0.4) is 0 Å². The number of aromatic nitrogens is 2. The SMILES string of the molecule is CCC1CCC(C)N1c1cc(NN)ncn1. The zero-order valence-corrected chi connectivity index (χ0v) is 9.85. The van der Waals surface area contributed by atoms with Gasteiger partial charge < -0.3 is 10.3 Å². The number of anilines is 2. The van der Waals surface area contributed by atoms with Crippen molar-refractivity contribution in [2.75, 3.05) is 10.3 Å². The molecule has 0 amide bonds. The van der Waals surface area contributed by atoms with Gasteiger partial charge in [-0.15, -0.1) is 0 Å². The quantitative estimate of drug-likeness (QED) is 0.598. The van der Waals surface area contributed by atoms with E-state index in [1.807, 2.05) is 6.07 Å². The van der Waals surface area contributed by atoms with Crippen molar-refractivity contribution < 1.29 is 0 Å². The first-order chi connectivity index (χ1) is 7.76. The molecule has 2 rings (SSSR count). The van der Waals surface area contributed by atoms with E-state index in [0.29, 0.717) is 17.9 Å². The molecule has 1 aromatic heterocycles. The number of hydrogen-bond donors (Lipinski definition) is 2. The van der Waals surface area contributed by atoms with Crippen LogP contribution in [0.4, 0.5) is 11.6 Å². The van der Waals surface area contributed by atoms with Crippen molar-refractivity contribution in [3.8, 4) is 0 Å². The van der Waals surface area contributed by atoms with Gasteiger partial charge in [-0.3, -0.25) is 0 Å². The number of nitrogens with two attached hydrogens (primary N) is 1. The molecule has 1 saturated heterocycles. The van der Waals surface area contributed by atoms with Crippen LogP contribution in [0.15, 0.2) is 12.4 Å². The molecule has 16 heavy (non-hydrogen) atoms. The van der Waals surface area contributed by atoms with Crippen LogP contribution in [-0.4, -0.2) is 22.1 Å². The summed E-state index contributed by atoms with van der Waals surface area (Å²) in [5, 5.41) is 0. The van der Waals surface area contributed by atoms with Crippen LogP contribution in [0.1, 0.15) is 33.1 Å². The molecule has 0 saturated carbocycles. The Hall–Kier alpha value is -1.36.